The van der Waals surface area contributed by atoms with E-state index in [0.29, 0.717) is 0 Å². The third kappa shape index (κ3) is 4.03. The molecule has 0 bridgehead atoms. The van der Waals surface area contributed by atoms with Crippen LogP contribution < -0.4 is 16.4 Å². The number of hydrogen-bond acceptors (Lipinski definition) is 0. The van der Waals surface area contributed by atoms with Crippen LogP contribution in [0, 0.1) is 13.8 Å². The zero-order chi connectivity index (χ0) is 28.2. The lowest BCUT2D eigenvalue weighted by Crippen LogP contribution is -2.48. The second-order valence-corrected chi connectivity index (χ2v) is 11.6. The number of aromatic nitrogens is 1. The molecule has 1 aromatic heterocycles. The highest BCUT2D eigenvalue weighted by atomic mass is 15.0. The van der Waals surface area contributed by atoms with E-state index in [1.54, 1.807) is 0 Å². The Bertz CT molecular complexity index is 2040. The van der Waals surface area contributed by atoms with Gasteiger partial charge in [-0.15, -0.1) is 0 Å². The molecule has 0 saturated heterocycles. The number of para-hydroxylation sites is 2. The molecule has 0 atom stereocenters. The molecule has 0 saturated carbocycles. The van der Waals surface area contributed by atoms with Crippen LogP contribution in [0.25, 0.3) is 50.8 Å². The smallest absolute Gasteiger partial charge is 0.242 e. The summed E-state index contributed by atoms with van der Waals surface area (Å²) in [5.74, 6) is 0. The van der Waals surface area contributed by atoms with Crippen molar-refractivity contribution in [3.05, 3.63) is 156 Å². The quantitative estimate of drug-likeness (QED) is 0.159. The number of benzene rings is 6. The molecule has 2 heterocycles. The predicted molar refractivity (Wildman–Crippen MR) is 182 cm³/mol. The minimum atomic E-state index is 0.280. The van der Waals surface area contributed by atoms with Gasteiger partial charge in [-0.1, -0.05) is 149 Å². The van der Waals surface area contributed by atoms with Crippen LogP contribution in [0.3, 0.4) is 0 Å². The zero-order valence-corrected chi connectivity index (χ0v) is 23.9. The van der Waals surface area contributed by atoms with E-state index in [0.717, 1.165) is 0 Å². The van der Waals surface area contributed by atoms with Crippen molar-refractivity contribution in [1.29, 1.82) is 0 Å². The first kappa shape index (κ1) is 24.7. The molecule has 0 N–H and O–H groups in total. The number of nitrogens with zero attached hydrogens (tertiary/aromatic N) is 1. The lowest BCUT2D eigenvalue weighted by molar-refractivity contribution is 1.18. The van der Waals surface area contributed by atoms with Crippen LogP contribution in [0.4, 0.5) is 0 Å². The predicted octanol–water partition coefficient (Wildman–Crippen LogP) is 8.07. The van der Waals surface area contributed by atoms with Gasteiger partial charge in [0.25, 0.3) is 0 Å². The maximum Gasteiger partial charge on any atom is 0.242 e. The van der Waals surface area contributed by atoms with Gasteiger partial charge < -0.3 is 4.57 Å². The first-order chi connectivity index (χ1) is 20.6. The minimum absolute atomic E-state index is 0.280. The molecule has 0 fully saturated rings. The van der Waals surface area contributed by atoms with Gasteiger partial charge in [0.1, 0.15) is 0 Å². The van der Waals surface area contributed by atoms with Crippen LogP contribution in [0.15, 0.2) is 133 Å². The van der Waals surface area contributed by atoms with E-state index in [9.17, 15) is 0 Å². The normalized spacial score (nSPS) is 12.4. The summed E-state index contributed by atoms with van der Waals surface area (Å²) < 4.78 is 2.36. The van der Waals surface area contributed by atoms with Crippen LogP contribution in [0.2, 0.25) is 0 Å². The Kier molecular flexibility index (Phi) is 5.75. The van der Waals surface area contributed by atoms with Gasteiger partial charge in [0.15, 0.2) is 0 Å². The van der Waals surface area contributed by atoms with E-state index in [-0.39, 0.29) is 6.71 Å². The molecule has 0 unspecified atom stereocenters. The van der Waals surface area contributed by atoms with Crippen LogP contribution >= 0.6 is 0 Å². The molecule has 1 aliphatic heterocycles. The van der Waals surface area contributed by atoms with Gasteiger partial charge in [-0.05, 0) is 60.4 Å². The fourth-order valence-corrected chi connectivity index (χ4v) is 6.76. The molecule has 8 rings (SSSR count). The molecule has 42 heavy (non-hydrogen) atoms. The second-order valence-electron chi connectivity index (χ2n) is 11.6. The molecule has 1 nitrogen and oxygen atoms in total. The van der Waals surface area contributed by atoms with E-state index in [2.05, 4.69) is 164 Å². The SMILES string of the molecule is Cc1ccc2c(c1)-c1cc(C)ccc1B2c1ccc(/C=C/c2ccc(-n3c4ccccc4c4ccccc43)cc2)cc1. The number of rotatable bonds is 4. The molecule has 1 aliphatic rings. The molecule has 0 aliphatic carbocycles. The summed E-state index contributed by atoms with van der Waals surface area (Å²) in [4.78, 5) is 0. The van der Waals surface area contributed by atoms with Crippen molar-refractivity contribution in [2.45, 2.75) is 13.8 Å². The topological polar surface area (TPSA) is 4.93 Å². The summed E-state index contributed by atoms with van der Waals surface area (Å²) in [6.45, 7) is 4.65. The highest BCUT2D eigenvalue weighted by Crippen LogP contribution is 2.32. The van der Waals surface area contributed by atoms with Crippen molar-refractivity contribution < 1.29 is 0 Å². The number of fused-ring (bicyclic) bond motifs is 6. The fraction of sp³-hybridized carbons (Fsp3) is 0.0500. The Morgan fingerprint density at radius 1 is 0.500 bits per heavy atom. The van der Waals surface area contributed by atoms with Gasteiger partial charge in [-0.25, -0.2) is 0 Å². The van der Waals surface area contributed by atoms with Gasteiger partial charge in [0.2, 0.25) is 6.71 Å². The maximum atomic E-state index is 2.36. The van der Waals surface area contributed by atoms with E-state index >= 15 is 0 Å². The van der Waals surface area contributed by atoms with Crippen LogP contribution in [0.5, 0.6) is 0 Å². The van der Waals surface area contributed by atoms with E-state index in [4.69, 9.17) is 0 Å². The summed E-state index contributed by atoms with van der Waals surface area (Å²) in [6.07, 6.45) is 4.42. The van der Waals surface area contributed by atoms with Gasteiger partial charge in [0.05, 0.1) is 11.0 Å². The first-order valence-corrected chi connectivity index (χ1v) is 14.7. The molecule has 0 spiro atoms. The van der Waals surface area contributed by atoms with Crippen molar-refractivity contribution in [1.82, 2.24) is 4.57 Å². The average Bonchev–Trinajstić information content (AvgIpc) is 3.53. The molecule has 6 aromatic carbocycles. The van der Waals surface area contributed by atoms with Gasteiger partial charge in [-0.3, -0.25) is 0 Å². The van der Waals surface area contributed by atoms with Crippen LogP contribution in [-0.4, -0.2) is 11.3 Å². The number of aryl methyl sites for hydroxylation is 2. The third-order valence-corrected chi connectivity index (χ3v) is 8.80. The Morgan fingerprint density at radius 2 is 0.976 bits per heavy atom. The van der Waals surface area contributed by atoms with Crippen LogP contribution in [-0.2, 0) is 0 Å². The molecule has 0 amide bonds. The molecule has 0 radical (unpaired) electrons. The monoisotopic (exact) mass is 535 g/mol. The van der Waals surface area contributed by atoms with Crippen molar-refractivity contribution >= 4 is 57.1 Å². The maximum absolute atomic E-state index is 2.36. The third-order valence-electron chi connectivity index (χ3n) is 8.80. The number of hydrogen-bond donors (Lipinski definition) is 0. The Labute approximate surface area is 247 Å². The van der Waals surface area contributed by atoms with Crippen LogP contribution in [0.1, 0.15) is 22.3 Å². The highest BCUT2D eigenvalue weighted by Gasteiger charge is 2.33. The summed E-state index contributed by atoms with van der Waals surface area (Å²) in [7, 11) is 0. The first-order valence-electron chi connectivity index (χ1n) is 14.7. The second kappa shape index (κ2) is 9.78. The van der Waals surface area contributed by atoms with Gasteiger partial charge >= 0.3 is 0 Å². The lowest BCUT2D eigenvalue weighted by Gasteiger charge is -2.11. The Hall–Kier alpha value is -5.08. The minimum Gasteiger partial charge on any atom is -0.309 e. The molecule has 2 heteroatoms. The summed E-state index contributed by atoms with van der Waals surface area (Å²) in [6, 6.07) is 49.1. The standard InChI is InChI=1S/C40H30BN/c1-27-11-23-37-35(25-27)36-26-28(2)12-24-38(36)41(37)31-19-15-29(16-20-31)13-14-30-17-21-32(22-18-30)42-39-9-5-3-7-33(39)34-8-4-6-10-40(34)42/h3-26H,1-2H3/b14-13+. The fourth-order valence-electron chi connectivity index (χ4n) is 6.76. The van der Waals surface area contributed by atoms with E-state index in [1.807, 2.05) is 0 Å². The van der Waals surface area contributed by atoms with E-state index < -0.39 is 0 Å². The zero-order valence-electron chi connectivity index (χ0n) is 23.9. The molecular formula is C40H30BN. The summed E-state index contributed by atoms with van der Waals surface area (Å²) >= 11 is 0. The molecular weight excluding hydrogens is 505 g/mol. The van der Waals surface area contributed by atoms with Crippen molar-refractivity contribution in [3.63, 3.8) is 0 Å². The summed E-state index contributed by atoms with van der Waals surface area (Å²) in [5.41, 5.74) is 15.6. The van der Waals surface area contributed by atoms with Crippen molar-refractivity contribution in [3.8, 4) is 16.8 Å². The lowest BCUT2D eigenvalue weighted by atomic mass is 9.39. The van der Waals surface area contributed by atoms with Crippen molar-refractivity contribution in [2.24, 2.45) is 0 Å². The summed E-state index contributed by atoms with van der Waals surface area (Å²) in [5, 5.41) is 2.57. The Balaban J connectivity index is 1.07. The molecule has 7 aromatic rings. The van der Waals surface area contributed by atoms with E-state index in [1.165, 1.54) is 77.3 Å². The Morgan fingerprint density at radius 3 is 1.50 bits per heavy atom. The average molecular weight is 535 g/mol. The largest absolute Gasteiger partial charge is 0.309 e. The van der Waals surface area contributed by atoms with Gasteiger partial charge in [0, 0.05) is 16.5 Å². The molecule has 198 valence electrons. The highest BCUT2D eigenvalue weighted by molar-refractivity contribution is 6.99. The van der Waals surface area contributed by atoms with Gasteiger partial charge in [-0.2, -0.15) is 0 Å². The van der Waals surface area contributed by atoms with Crippen molar-refractivity contribution in [2.75, 3.05) is 0 Å².